The molecule has 3 aromatic rings. The number of nitrogens with zero attached hydrogens (tertiary/aromatic N) is 1. The Hall–Kier alpha value is -3.40. The molecule has 0 aliphatic carbocycles. The maximum atomic E-state index is 11.9. The minimum Gasteiger partial charge on any atom is -0.439 e. The van der Waals surface area contributed by atoms with Gasteiger partial charge in [-0.25, -0.2) is 4.98 Å². The van der Waals surface area contributed by atoms with E-state index in [4.69, 9.17) is 4.74 Å². The van der Waals surface area contributed by atoms with Crippen LogP contribution in [0.15, 0.2) is 79.0 Å². The third kappa shape index (κ3) is 5.04. The third-order valence-electron chi connectivity index (χ3n) is 3.47. The van der Waals surface area contributed by atoms with Crippen molar-refractivity contribution in [2.75, 3.05) is 5.32 Å². The fraction of sp³-hybridized carbons (Fsp3) is 0.0476. The number of nitrogens with one attached hydrogen (secondary N) is 1. The molecule has 0 saturated carbocycles. The van der Waals surface area contributed by atoms with E-state index in [1.54, 1.807) is 24.4 Å². The van der Waals surface area contributed by atoms with Gasteiger partial charge in [0.25, 0.3) is 0 Å². The van der Waals surface area contributed by atoms with Gasteiger partial charge >= 0.3 is 0 Å². The van der Waals surface area contributed by atoms with Gasteiger partial charge in [-0.3, -0.25) is 4.79 Å². The second-order valence-corrected chi connectivity index (χ2v) is 5.53. The zero-order chi connectivity index (χ0) is 17.5. The predicted octanol–water partition coefficient (Wildman–Crippen LogP) is 4.83. The molecule has 4 heteroatoms. The van der Waals surface area contributed by atoms with E-state index in [9.17, 15) is 4.79 Å². The summed E-state index contributed by atoms with van der Waals surface area (Å²) < 4.78 is 5.66. The number of aromatic nitrogens is 1. The van der Waals surface area contributed by atoms with Crippen LogP contribution in [0.5, 0.6) is 11.6 Å². The summed E-state index contributed by atoms with van der Waals surface area (Å²) >= 11 is 0. The van der Waals surface area contributed by atoms with E-state index in [0.717, 1.165) is 11.3 Å². The highest BCUT2D eigenvalue weighted by Gasteiger charge is 2.01. The number of anilines is 1. The summed E-state index contributed by atoms with van der Waals surface area (Å²) in [7, 11) is 0. The number of amides is 1. The molecule has 2 aromatic carbocycles. The Morgan fingerprint density at radius 3 is 2.44 bits per heavy atom. The summed E-state index contributed by atoms with van der Waals surface area (Å²) in [6.07, 6.45) is 4.82. The Labute approximate surface area is 146 Å². The predicted molar refractivity (Wildman–Crippen MR) is 99.6 cm³/mol. The van der Waals surface area contributed by atoms with E-state index in [0.29, 0.717) is 11.6 Å². The molecule has 1 amide bonds. The van der Waals surface area contributed by atoms with Crippen molar-refractivity contribution in [3.8, 4) is 11.6 Å². The Morgan fingerprint density at radius 1 is 1.00 bits per heavy atom. The molecule has 1 heterocycles. The molecule has 0 fully saturated rings. The molecule has 0 aliphatic rings. The maximum Gasteiger partial charge on any atom is 0.248 e. The van der Waals surface area contributed by atoms with Crippen molar-refractivity contribution < 1.29 is 9.53 Å². The van der Waals surface area contributed by atoms with Gasteiger partial charge in [-0.2, -0.15) is 0 Å². The summed E-state index contributed by atoms with van der Waals surface area (Å²) in [6.45, 7) is 2.02. The standard InChI is InChI=1S/C21H18N2O2/c1-16-7-11-19(12-8-16)25-21-14-10-18(15-22-21)23-20(24)13-9-17-5-3-2-4-6-17/h2-15H,1H3,(H,23,24)/b13-9+. The topological polar surface area (TPSA) is 51.2 Å². The molecule has 0 spiro atoms. The molecule has 25 heavy (non-hydrogen) atoms. The minimum absolute atomic E-state index is 0.210. The fourth-order valence-corrected chi connectivity index (χ4v) is 2.16. The van der Waals surface area contributed by atoms with Crippen molar-refractivity contribution in [3.05, 3.63) is 90.1 Å². The van der Waals surface area contributed by atoms with E-state index in [1.165, 1.54) is 11.6 Å². The number of hydrogen-bond acceptors (Lipinski definition) is 3. The third-order valence-corrected chi connectivity index (χ3v) is 3.47. The van der Waals surface area contributed by atoms with Crippen LogP contribution >= 0.6 is 0 Å². The van der Waals surface area contributed by atoms with Crippen LogP contribution in [-0.2, 0) is 4.79 Å². The van der Waals surface area contributed by atoms with Crippen molar-refractivity contribution in [1.82, 2.24) is 4.98 Å². The normalized spacial score (nSPS) is 10.6. The molecule has 1 aromatic heterocycles. The van der Waals surface area contributed by atoms with Crippen LogP contribution < -0.4 is 10.1 Å². The van der Waals surface area contributed by atoms with Gasteiger partial charge in [-0.1, -0.05) is 48.0 Å². The first-order valence-corrected chi connectivity index (χ1v) is 7.94. The highest BCUT2D eigenvalue weighted by Crippen LogP contribution is 2.20. The molecular weight excluding hydrogens is 312 g/mol. The number of hydrogen-bond donors (Lipinski definition) is 1. The van der Waals surface area contributed by atoms with E-state index >= 15 is 0 Å². The van der Waals surface area contributed by atoms with Crippen LogP contribution in [0.4, 0.5) is 5.69 Å². The smallest absolute Gasteiger partial charge is 0.248 e. The highest BCUT2D eigenvalue weighted by molar-refractivity contribution is 6.01. The number of rotatable bonds is 5. The van der Waals surface area contributed by atoms with Gasteiger partial charge in [0.2, 0.25) is 11.8 Å². The maximum absolute atomic E-state index is 11.9. The van der Waals surface area contributed by atoms with E-state index in [-0.39, 0.29) is 5.91 Å². The van der Waals surface area contributed by atoms with Crippen LogP contribution in [0.2, 0.25) is 0 Å². The first kappa shape index (κ1) is 16.5. The number of ether oxygens (including phenoxy) is 1. The molecule has 3 rings (SSSR count). The quantitative estimate of drug-likeness (QED) is 0.681. The minimum atomic E-state index is -0.210. The van der Waals surface area contributed by atoms with Crippen molar-refractivity contribution in [2.45, 2.75) is 6.92 Å². The lowest BCUT2D eigenvalue weighted by atomic mass is 10.2. The van der Waals surface area contributed by atoms with Crippen LogP contribution in [0, 0.1) is 6.92 Å². The Balaban J connectivity index is 1.57. The number of benzene rings is 2. The average molecular weight is 330 g/mol. The fourth-order valence-electron chi connectivity index (χ4n) is 2.16. The Bertz CT molecular complexity index is 855. The van der Waals surface area contributed by atoms with Gasteiger partial charge in [-0.15, -0.1) is 0 Å². The van der Waals surface area contributed by atoms with Crippen LogP contribution in [0.3, 0.4) is 0 Å². The zero-order valence-corrected chi connectivity index (χ0v) is 13.8. The molecule has 0 radical (unpaired) electrons. The monoisotopic (exact) mass is 330 g/mol. The molecule has 0 atom stereocenters. The summed E-state index contributed by atoms with van der Waals surface area (Å²) in [5.41, 5.74) is 2.75. The first-order valence-electron chi connectivity index (χ1n) is 7.94. The molecule has 0 aliphatic heterocycles. The van der Waals surface area contributed by atoms with Crippen molar-refractivity contribution in [1.29, 1.82) is 0 Å². The van der Waals surface area contributed by atoms with Gasteiger partial charge in [-0.05, 0) is 36.8 Å². The Kier molecular flexibility index (Phi) is 5.22. The van der Waals surface area contributed by atoms with Gasteiger partial charge in [0.05, 0.1) is 11.9 Å². The van der Waals surface area contributed by atoms with E-state index < -0.39 is 0 Å². The van der Waals surface area contributed by atoms with Gasteiger partial charge in [0, 0.05) is 12.1 Å². The van der Waals surface area contributed by atoms with Crippen molar-refractivity contribution >= 4 is 17.7 Å². The molecular formula is C21H18N2O2. The lowest BCUT2D eigenvalue weighted by Gasteiger charge is -2.06. The zero-order valence-electron chi connectivity index (χ0n) is 13.8. The van der Waals surface area contributed by atoms with E-state index in [2.05, 4.69) is 10.3 Å². The summed E-state index contributed by atoms with van der Waals surface area (Å²) in [6, 6.07) is 20.9. The second kappa shape index (κ2) is 7.93. The molecule has 0 saturated heterocycles. The van der Waals surface area contributed by atoms with Crippen LogP contribution in [-0.4, -0.2) is 10.9 Å². The molecule has 4 nitrogen and oxygen atoms in total. The van der Waals surface area contributed by atoms with Gasteiger partial charge in [0.15, 0.2) is 0 Å². The molecule has 1 N–H and O–H groups in total. The Morgan fingerprint density at radius 2 is 1.76 bits per heavy atom. The molecule has 124 valence electrons. The number of carbonyl (C=O) groups excluding carboxylic acids is 1. The largest absolute Gasteiger partial charge is 0.439 e. The summed E-state index contributed by atoms with van der Waals surface area (Å²) in [4.78, 5) is 16.1. The summed E-state index contributed by atoms with van der Waals surface area (Å²) in [5.74, 6) is 0.986. The summed E-state index contributed by atoms with van der Waals surface area (Å²) in [5, 5.41) is 2.77. The van der Waals surface area contributed by atoms with Crippen molar-refractivity contribution in [3.63, 3.8) is 0 Å². The number of carbonyl (C=O) groups is 1. The average Bonchev–Trinajstić information content (AvgIpc) is 2.64. The molecule has 0 bridgehead atoms. The van der Waals surface area contributed by atoms with Gasteiger partial charge < -0.3 is 10.1 Å². The second-order valence-electron chi connectivity index (χ2n) is 5.53. The van der Waals surface area contributed by atoms with Crippen LogP contribution in [0.1, 0.15) is 11.1 Å². The molecule has 0 unspecified atom stereocenters. The van der Waals surface area contributed by atoms with Gasteiger partial charge in [0.1, 0.15) is 5.75 Å². The lowest BCUT2D eigenvalue weighted by molar-refractivity contribution is -0.111. The first-order chi connectivity index (χ1) is 12.2. The lowest BCUT2D eigenvalue weighted by Crippen LogP contribution is -2.07. The number of pyridine rings is 1. The number of aryl methyl sites for hydroxylation is 1. The van der Waals surface area contributed by atoms with Crippen LogP contribution in [0.25, 0.3) is 6.08 Å². The SMILES string of the molecule is Cc1ccc(Oc2ccc(NC(=O)/C=C/c3ccccc3)cn2)cc1. The van der Waals surface area contributed by atoms with Crippen molar-refractivity contribution in [2.24, 2.45) is 0 Å². The van der Waals surface area contributed by atoms with E-state index in [1.807, 2.05) is 61.5 Å². The highest BCUT2D eigenvalue weighted by atomic mass is 16.5.